The van der Waals surface area contributed by atoms with E-state index < -0.39 is 28.0 Å². The van der Waals surface area contributed by atoms with Crippen molar-refractivity contribution in [2.75, 3.05) is 0 Å². The van der Waals surface area contributed by atoms with Gasteiger partial charge in [-0.25, -0.2) is 10.5 Å². The summed E-state index contributed by atoms with van der Waals surface area (Å²) in [5.41, 5.74) is 3.42. The summed E-state index contributed by atoms with van der Waals surface area (Å²) in [7, 11) is -4.32. The molecule has 1 aromatic heterocycles. The highest BCUT2D eigenvalue weighted by atomic mass is 35.5. The number of nitrogens with zero attached hydrogens (tertiary/aromatic N) is 2. The molecule has 0 bridgehead atoms. The van der Waals surface area contributed by atoms with E-state index in [0.29, 0.717) is 29.3 Å². The number of hydroxylamine groups is 1. The molecule has 37 heavy (non-hydrogen) atoms. The van der Waals surface area contributed by atoms with Gasteiger partial charge in [0.05, 0.1) is 11.1 Å². The van der Waals surface area contributed by atoms with E-state index in [1.165, 1.54) is 18.3 Å². The second-order valence-electron chi connectivity index (χ2n) is 8.61. The van der Waals surface area contributed by atoms with Gasteiger partial charge < -0.3 is 9.88 Å². The van der Waals surface area contributed by atoms with Crippen molar-refractivity contribution in [3.63, 3.8) is 0 Å². The van der Waals surface area contributed by atoms with Gasteiger partial charge >= 0.3 is 0 Å². The van der Waals surface area contributed by atoms with Gasteiger partial charge in [0.2, 0.25) is 5.91 Å². The minimum absolute atomic E-state index is 0.154. The van der Waals surface area contributed by atoms with E-state index in [-0.39, 0.29) is 23.6 Å². The zero-order valence-corrected chi connectivity index (χ0v) is 21.8. The van der Waals surface area contributed by atoms with Crippen molar-refractivity contribution in [3.05, 3.63) is 82.4 Å². The lowest BCUT2D eigenvalue weighted by Gasteiger charge is -2.19. The van der Waals surface area contributed by atoms with E-state index in [9.17, 15) is 22.6 Å². The Morgan fingerprint density at radius 2 is 1.73 bits per heavy atom. The molecule has 10 nitrogen and oxygen atoms in total. The highest BCUT2D eigenvalue weighted by Crippen LogP contribution is 2.17. The normalized spacial score (nSPS) is 12.2. The minimum Gasteiger partial charge on any atom is -0.347 e. The lowest BCUT2D eigenvalue weighted by molar-refractivity contribution is -0.129. The number of carbonyl (C=O) groups excluding carboxylic acids is 2. The van der Waals surface area contributed by atoms with Crippen molar-refractivity contribution in [1.82, 2.24) is 20.3 Å². The molecule has 0 radical (unpaired) electrons. The Bertz CT molecular complexity index is 1320. The first-order valence-electron chi connectivity index (χ1n) is 11.7. The van der Waals surface area contributed by atoms with Crippen LogP contribution in [0.15, 0.2) is 59.6 Å². The number of rotatable bonds is 12. The Kier molecular flexibility index (Phi) is 9.81. The number of nitrogens with one attached hydrogen (secondary N) is 2. The maximum Gasteiger partial charge on any atom is 0.294 e. The average Bonchev–Trinajstić information content (AvgIpc) is 3.26. The van der Waals surface area contributed by atoms with E-state index >= 15 is 0 Å². The molecule has 1 atom stereocenters. The van der Waals surface area contributed by atoms with Crippen LogP contribution in [0.3, 0.4) is 0 Å². The molecule has 0 spiro atoms. The van der Waals surface area contributed by atoms with Crippen LogP contribution in [-0.2, 0) is 34.3 Å². The zero-order chi connectivity index (χ0) is 27.0. The predicted octanol–water partition coefficient (Wildman–Crippen LogP) is 3.41. The molecule has 3 aromatic rings. The van der Waals surface area contributed by atoms with Crippen molar-refractivity contribution < 1.29 is 27.8 Å². The second-order valence-corrected chi connectivity index (χ2v) is 10.5. The number of amides is 2. The van der Waals surface area contributed by atoms with Crippen LogP contribution in [0, 0.1) is 0 Å². The summed E-state index contributed by atoms with van der Waals surface area (Å²) in [6.07, 6.45) is 4.06. The summed E-state index contributed by atoms with van der Waals surface area (Å²) in [5, 5.41) is 12.4. The van der Waals surface area contributed by atoms with E-state index in [4.69, 9.17) is 16.8 Å². The topological polar surface area (TPSA) is 151 Å². The fourth-order valence-corrected chi connectivity index (χ4v) is 4.47. The first-order chi connectivity index (χ1) is 17.6. The summed E-state index contributed by atoms with van der Waals surface area (Å²) in [5.74, 6) is -0.405. The minimum atomic E-state index is -4.32. The number of halogens is 1. The van der Waals surface area contributed by atoms with Crippen LogP contribution in [0.2, 0.25) is 5.02 Å². The highest BCUT2D eigenvalue weighted by Gasteiger charge is 2.22. The molecule has 0 saturated heterocycles. The van der Waals surface area contributed by atoms with Crippen molar-refractivity contribution in [2.45, 2.75) is 56.5 Å². The van der Waals surface area contributed by atoms with E-state index in [1.54, 1.807) is 46.4 Å². The average molecular weight is 549 g/mol. The van der Waals surface area contributed by atoms with Gasteiger partial charge in [-0.3, -0.25) is 19.3 Å². The van der Waals surface area contributed by atoms with Gasteiger partial charge in [0.15, 0.2) is 0 Å². The molecular weight excluding hydrogens is 520 g/mol. The second kappa shape index (κ2) is 12.8. The predicted molar refractivity (Wildman–Crippen MR) is 137 cm³/mol. The van der Waals surface area contributed by atoms with Crippen LogP contribution >= 0.6 is 11.6 Å². The molecule has 2 aromatic carbocycles. The van der Waals surface area contributed by atoms with Gasteiger partial charge in [-0.2, -0.15) is 8.42 Å². The van der Waals surface area contributed by atoms with Crippen LogP contribution in [0.5, 0.6) is 0 Å². The molecule has 0 unspecified atom stereocenters. The van der Waals surface area contributed by atoms with E-state index in [0.717, 1.165) is 18.4 Å². The third-order valence-electron chi connectivity index (χ3n) is 5.77. The number of hydrogen-bond acceptors (Lipinski definition) is 6. The lowest BCUT2D eigenvalue weighted by Crippen LogP contribution is -2.41. The molecule has 0 aliphatic heterocycles. The van der Waals surface area contributed by atoms with Gasteiger partial charge in [0, 0.05) is 30.5 Å². The lowest BCUT2D eigenvalue weighted by atomic mass is 10.0. The maximum absolute atomic E-state index is 13.4. The van der Waals surface area contributed by atoms with Gasteiger partial charge in [-0.05, 0) is 48.2 Å². The largest absolute Gasteiger partial charge is 0.347 e. The Balaban J connectivity index is 1.86. The molecule has 2 amide bonds. The summed E-state index contributed by atoms with van der Waals surface area (Å²) < 4.78 is 33.7. The molecule has 4 N–H and O–H groups in total. The SMILES string of the molecule is CCCCc1ncc(C(=O)N[C@H](CC(=O)NO)Cc2ccc(Cl)cc2)n1Cc1ccc(S(=O)(=O)O)cc1. The Hall–Kier alpha value is -3.25. The van der Waals surface area contributed by atoms with Crippen LogP contribution in [0.25, 0.3) is 0 Å². The van der Waals surface area contributed by atoms with Crippen LogP contribution in [-0.4, -0.2) is 45.6 Å². The van der Waals surface area contributed by atoms with Crippen LogP contribution < -0.4 is 10.8 Å². The highest BCUT2D eigenvalue weighted by molar-refractivity contribution is 7.85. The van der Waals surface area contributed by atoms with Crippen molar-refractivity contribution in [3.8, 4) is 0 Å². The summed E-state index contributed by atoms with van der Waals surface area (Å²) in [4.78, 5) is 29.5. The fraction of sp³-hybridized carbons (Fsp3) is 0.320. The number of imidazole rings is 1. The smallest absolute Gasteiger partial charge is 0.294 e. The molecule has 1 heterocycles. The Labute approximate surface area is 220 Å². The van der Waals surface area contributed by atoms with Gasteiger partial charge in [-0.1, -0.05) is 49.2 Å². The molecular formula is C25H29ClN4O6S. The number of aryl methyl sites for hydroxylation is 1. The third-order valence-corrected chi connectivity index (χ3v) is 6.89. The molecule has 12 heteroatoms. The monoisotopic (exact) mass is 548 g/mol. The number of benzene rings is 2. The van der Waals surface area contributed by atoms with Gasteiger partial charge in [0.25, 0.3) is 16.0 Å². The van der Waals surface area contributed by atoms with Crippen molar-refractivity contribution >= 4 is 33.5 Å². The molecule has 3 rings (SSSR count). The Morgan fingerprint density at radius 3 is 2.32 bits per heavy atom. The molecule has 0 aliphatic rings. The number of aromatic nitrogens is 2. The van der Waals surface area contributed by atoms with Gasteiger partial charge in [-0.15, -0.1) is 0 Å². The quantitative estimate of drug-likeness (QED) is 0.154. The van der Waals surface area contributed by atoms with Crippen LogP contribution in [0.1, 0.15) is 53.6 Å². The summed E-state index contributed by atoms with van der Waals surface area (Å²) in [6, 6.07) is 12.1. The Morgan fingerprint density at radius 1 is 1.08 bits per heavy atom. The molecule has 0 aliphatic carbocycles. The maximum atomic E-state index is 13.4. The first-order valence-corrected chi connectivity index (χ1v) is 13.5. The van der Waals surface area contributed by atoms with Gasteiger partial charge in [0.1, 0.15) is 11.5 Å². The zero-order valence-electron chi connectivity index (χ0n) is 20.2. The number of unbranched alkanes of at least 4 members (excludes halogenated alkanes) is 1. The summed E-state index contributed by atoms with van der Waals surface area (Å²) in [6.45, 7) is 2.29. The number of hydrogen-bond donors (Lipinski definition) is 4. The summed E-state index contributed by atoms with van der Waals surface area (Å²) >= 11 is 5.95. The van der Waals surface area contributed by atoms with Crippen molar-refractivity contribution in [1.29, 1.82) is 0 Å². The molecule has 0 saturated carbocycles. The van der Waals surface area contributed by atoms with E-state index in [1.807, 2.05) is 6.92 Å². The number of carbonyl (C=O) groups is 2. The molecule has 198 valence electrons. The fourth-order valence-electron chi connectivity index (χ4n) is 3.86. The van der Waals surface area contributed by atoms with Crippen molar-refractivity contribution in [2.24, 2.45) is 0 Å². The van der Waals surface area contributed by atoms with E-state index in [2.05, 4.69) is 10.3 Å². The first kappa shape index (κ1) is 28.3. The standard InChI is InChI=1S/C25H29ClN4O6S/c1-2-3-4-23-27-15-22(30(23)16-18-7-11-21(12-8-18)37(34,35)36)25(32)28-20(14-24(31)29-33)13-17-5-9-19(26)10-6-17/h5-12,15,20,33H,2-4,13-14,16H2,1H3,(H,28,32)(H,29,31)(H,34,35,36)/t20-/m0/s1. The van der Waals surface area contributed by atoms with Crippen LogP contribution in [0.4, 0.5) is 0 Å². The molecule has 0 fully saturated rings. The third kappa shape index (κ3) is 8.12.